The van der Waals surface area contributed by atoms with Crippen LogP contribution < -0.4 is 4.90 Å². The lowest BCUT2D eigenvalue weighted by Crippen LogP contribution is -2.29. The van der Waals surface area contributed by atoms with E-state index in [0.29, 0.717) is 6.54 Å². The van der Waals surface area contributed by atoms with Gasteiger partial charge in [0.1, 0.15) is 9.93 Å². The van der Waals surface area contributed by atoms with Gasteiger partial charge in [0.2, 0.25) is 0 Å². The summed E-state index contributed by atoms with van der Waals surface area (Å²) in [6.07, 6.45) is 0. The smallest absolute Gasteiger partial charge is 0.269 e. The molecule has 0 spiro atoms. The van der Waals surface area contributed by atoms with E-state index in [0.717, 1.165) is 32.9 Å². The second-order valence-corrected chi connectivity index (χ2v) is 9.68. The van der Waals surface area contributed by atoms with E-state index in [1.54, 1.807) is 16.7 Å². The third-order valence-corrected chi connectivity index (χ3v) is 7.72. The average molecular weight is 521 g/mol. The van der Waals surface area contributed by atoms with Gasteiger partial charge in [-0.2, -0.15) is 0 Å². The topological polar surface area (TPSA) is 35.9 Å². The highest BCUT2D eigenvalue weighted by Crippen LogP contribution is 2.50. The Hall–Kier alpha value is -1.45. The van der Waals surface area contributed by atoms with Crippen molar-refractivity contribution in [2.75, 3.05) is 18.0 Å². The fourth-order valence-corrected chi connectivity index (χ4v) is 6.36. The number of hydrogen-bond acceptors (Lipinski definition) is 5. The van der Waals surface area contributed by atoms with Gasteiger partial charge in [0.15, 0.2) is 5.17 Å². The van der Waals surface area contributed by atoms with Crippen LogP contribution in [0.5, 0.6) is 0 Å². The maximum Gasteiger partial charge on any atom is 0.269 e. The molecule has 2 aromatic rings. The molecule has 2 heterocycles. The summed E-state index contributed by atoms with van der Waals surface area (Å²) < 4.78 is 1.18. The lowest BCUT2D eigenvalue weighted by Gasteiger charge is -2.19. The standard InChI is InChI=1S/C21H20IN3OS2/c1-4-24-16-8-6-7-9-17(16)27-20(24)18-19(26)25(5-2)21(28-18)23-15-11-10-14(22)12-13(15)3/h6-12H,4-5H2,1-3H3. The number of halogens is 1. The summed E-state index contributed by atoms with van der Waals surface area (Å²) in [6.45, 7) is 7.60. The molecule has 0 unspecified atom stereocenters. The summed E-state index contributed by atoms with van der Waals surface area (Å²) in [7, 11) is 0. The molecule has 2 aliphatic rings. The van der Waals surface area contributed by atoms with Gasteiger partial charge in [-0.1, -0.05) is 23.9 Å². The number of aliphatic imine (C=N–C) groups is 1. The van der Waals surface area contributed by atoms with Gasteiger partial charge in [0.25, 0.3) is 5.91 Å². The van der Waals surface area contributed by atoms with Gasteiger partial charge in [0.05, 0.1) is 11.4 Å². The van der Waals surface area contributed by atoms with Gasteiger partial charge >= 0.3 is 0 Å². The molecule has 4 nitrogen and oxygen atoms in total. The normalized spacial score (nSPS) is 20.4. The average Bonchev–Trinajstić information content (AvgIpc) is 3.20. The lowest BCUT2D eigenvalue weighted by molar-refractivity contribution is -0.122. The molecule has 0 bridgehead atoms. The predicted octanol–water partition coefficient (Wildman–Crippen LogP) is 5.98. The minimum Gasteiger partial charge on any atom is -0.334 e. The largest absolute Gasteiger partial charge is 0.334 e. The second-order valence-electron chi connectivity index (χ2n) is 6.42. The molecule has 2 aliphatic heterocycles. The van der Waals surface area contributed by atoms with Crippen LogP contribution in [0.1, 0.15) is 19.4 Å². The van der Waals surface area contributed by atoms with E-state index in [1.165, 1.54) is 25.9 Å². The van der Waals surface area contributed by atoms with Crippen molar-refractivity contribution in [2.24, 2.45) is 4.99 Å². The van der Waals surface area contributed by atoms with Crippen LogP contribution in [0, 0.1) is 10.5 Å². The number of carbonyl (C=O) groups excluding carboxylic acids is 1. The molecule has 1 amide bonds. The minimum atomic E-state index is 0.0446. The van der Waals surface area contributed by atoms with Crippen LogP contribution in [0.3, 0.4) is 0 Å². The molecule has 4 rings (SSSR count). The van der Waals surface area contributed by atoms with Gasteiger partial charge in [-0.15, -0.1) is 0 Å². The molecule has 0 aromatic heterocycles. The van der Waals surface area contributed by atoms with Gasteiger partial charge in [-0.05, 0) is 91.0 Å². The Morgan fingerprint density at radius 2 is 1.79 bits per heavy atom. The van der Waals surface area contributed by atoms with E-state index in [9.17, 15) is 4.79 Å². The SMILES string of the molecule is CCN1C(=O)C(=C2Sc3ccccc3N2CC)SC1=Nc1ccc(I)cc1C. The number of para-hydroxylation sites is 1. The lowest BCUT2D eigenvalue weighted by atomic mass is 10.2. The van der Waals surface area contributed by atoms with Crippen LogP contribution in [0.25, 0.3) is 0 Å². The summed E-state index contributed by atoms with van der Waals surface area (Å²) in [6, 6.07) is 14.5. The number of amidine groups is 1. The maximum atomic E-state index is 13.2. The van der Waals surface area contributed by atoms with E-state index in [4.69, 9.17) is 4.99 Å². The first-order valence-electron chi connectivity index (χ1n) is 9.16. The predicted molar refractivity (Wildman–Crippen MR) is 128 cm³/mol. The molecule has 7 heteroatoms. The molecule has 0 radical (unpaired) electrons. The van der Waals surface area contributed by atoms with E-state index in [1.807, 2.05) is 31.2 Å². The van der Waals surface area contributed by atoms with Crippen LogP contribution >= 0.6 is 46.1 Å². The zero-order valence-corrected chi connectivity index (χ0v) is 19.7. The fraction of sp³-hybridized carbons (Fsp3) is 0.238. The van der Waals surface area contributed by atoms with Crippen molar-refractivity contribution in [1.82, 2.24) is 4.90 Å². The highest BCUT2D eigenvalue weighted by atomic mass is 127. The molecule has 2 aromatic carbocycles. The zero-order chi connectivity index (χ0) is 19.8. The highest BCUT2D eigenvalue weighted by molar-refractivity contribution is 14.1. The van der Waals surface area contributed by atoms with Crippen LogP contribution in [0.4, 0.5) is 11.4 Å². The monoisotopic (exact) mass is 521 g/mol. The summed E-state index contributed by atoms with van der Waals surface area (Å²) >= 11 is 5.47. The highest BCUT2D eigenvalue weighted by Gasteiger charge is 2.38. The number of thioether (sulfide) groups is 2. The number of nitrogens with zero attached hydrogens (tertiary/aromatic N) is 3. The molecule has 1 saturated heterocycles. The summed E-state index contributed by atoms with van der Waals surface area (Å²) in [5.41, 5.74) is 3.20. The number of fused-ring (bicyclic) bond motifs is 1. The molecular formula is C21H20IN3OS2. The van der Waals surface area contributed by atoms with Gasteiger partial charge in [-0.3, -0.25) is 9.69 Å². The zero-order valence-electron chi connectivity index (χ0n) is 15.9. The Morgan fingerprint density at radius 3 is 2.50 bits per heavy atom. The molecule has 144 valence electrons. The summed E-state index contributed by atoms with van der Waals surface area (Å²) in [5.74, 6) is 0.0446. The van der Waals surface area contributed by atoms with Gasteiger partial charge in [-0.25, -0.2) is 4.99 Å². The van der Waals surface area contributed by atoms with Crippen molar-refractivity contribution in [2.45, 2.75) is 25.7 Å². The quantitative estimate of drug-likeness (QED) is 0.368. The number of hydrogen-bond donors (Lipinski definition) is 0. The molecule has 0 atom stereocenters. The van der Waals surface area contributed by atoms with Gasteiger partial charge in [0, 0.05) is 21.6 Å². The Labute approximate surface area is 187 Å². The first kappa shape index (κ1) is 19.8. The molecule has 0 N–H and O–H groups in total. The van der Waals surface area contributed by atoms with E-state index in [2.05, 4.69) is 59.5 Å². The molecule has 28 heavy (non-hydrogen) atoms. The minimum absolute atomic E-state index is 0.0446. The Morgan fingerprint density at radius 1 is 1.04 bits per heavy atom. The van der Waals surface area contributed by atoms with Crippen molar-refractivity contribution >= 4 is 68.6 Å². The molecular weight excluding hydrogens is 501 g/mol. The third-order valence-electron chi connectivity index (χ3n) is 4.67. The second kappa shape index (κ2) is 8.12. The molecule has 0 aliphatic carbocycles. The Kier molecular flexibility index (Phi) is 5.76. The first-order valence-corrected chi connectivity index (χ1v) is 11.9. The number of rotatable bonds is 3. The number of amides is 1. The van der Waals surface area contributed by atoms with Crippen molar-refractivity contribution in [1.29, 1.82) is 0 Å². The van der Waals surface area contributed by atoms with Crippen molar-refractivity contribution in [3.63, 3.8) is 0 Å². The fourth-order valence-electron chi connectivity index (χ4n) is 3.26. The number of anilines is 1. The summed E-state index contributed by atoms with van der Waals surface area (Å²) in [4.78, 5) is 24.0. The van der Waals surface area contributed by atoms with Crippen LogP contribution in [0.2, 0.25) is 0 Å². The Bertz CT molecular complexity index is 1020. The Balaban J connectivity index is 1.76. The first-order chi connectivity index (χ1) is 13.5. The van der Waals surface area contributed by atoms with Crippen molar-refractivity contribution < 1.29 is 4.79 Å². The van der Waals surface area contributed by atoms with E-state index in [-0.39, 0.29) is 5.91 Å². The van der Waals surface area contributed by atoms with Crippen molar-refractivity contribution in [3.8, 4) is 0 Å². The van der Waals surface area contributed by atoms with Crippen LogP contribution in [-0.2, 0) is 4.79 Å². The number of likely N-dealkylation sites (N-methyl/N-ethyl adjacent to an activating group) is 1. The molecule has 0 saturated carbocycles. The summed E-state index contributed by atoms with van der Waals surface area (Å²) in [5, 5.41) is 1.77. The van der Waals surface area contributed by atoms with E-state index >= 15 is 0 Å². The molecule has 1 fully saturated rings. The van der Waals surface area contributed by atoms with Crippen molar-refractivity contribution in [3.05, 3.63) is 61.5 Å². The number of carbonyl (C=O) groups is 1. The number of benzene rings is 2. The van der Waals surface area contributed by atoms with Gasteiger partial charge < -0.3 is 4.90 Å². The maximum absolute atomic E-state index is 13.2. The number of aryl methyl sites for hydroxylation is 1. The van der Waals surface area contributed by atoms with E-state index < -0.39 is 0 Å². The van der Waals surface area contributed by atoms with Crippen LogP contribution in [0.15, 0.2) is 62.3 Å². The van der Waals surface area contributed by atoms with Crippen LogP contribution in [-0.4, -0.2) is 29.1 Å². The third kappa shape index (κ3) is 3.48.